The molecule has 9 heteroatoms. The van der Waals surface area contributed by atoms with E-state index in [1.165, 1.54) is 6.33 Å². The van der Waals surface area contributed by atoms with Crippen molar-refractivity contribution in [2.75, 3.05) is 5.32 Å². The van der Waals surface area contributed by atoms with Gasteiger partial charge in [-0.3, -0.25) is 24.6 Å². The summed E-state index contributed by atoms with van der Waals surface area (Å²) in [4.78, 5) is 38.7. The molecule has 3 saturated heterocycles. The Morgan fingerprint density at radius 2 is 1.91 bits per heavy atom. The lowest BCUT2D eigenvalue weighted by molar-refractivity contribution is -0.148. The Kier molecular flexibility index (Phi) is 3.02. The van der Waals surface area contributed by atoms with Crippen molar-refractivity contribution < 1.29 is 19.1 Å². The molecule has 0 saturated carbocycles. The van der Waals surface area contributed by atoms with Gasteiger partial charge in [0.15, 0.2) is 0 Å². The number of carbonyl (C=O) groups excluding carboxylic acids is 3. The Morgan fingerprint density at radius 3 is 2.43 bits per heavy atom. The first-order valence-electron chi connectivity index (χ1n) is 7.66. The van der Waals surface area contributed by atoms with Crippen molar-refractivity contribution in [3.05, 3.63) is 6.33 Å². The summed E-state index contributed by atoms with van der Waals surface area (Å²) in [5, 5.41) is 10.0. The topological polar surface area (TPSA) is 106 Å². The first kappa shape index (κ1) is 14.3. The summed E-state index contributed by atoms with van der Waals surface area (Å²) in [7, 11) is 1.69. The summed E-state index contributed by atoms with van der Waals surface area (Å²) in [6.07, 6.45) is 2.70. The molecule has 0 aromatic carbocycles. The van der Waals surface area contributed by atoms with Crippen molar-refractivity contribution in [2.45, 2.75) is 38.0 Å². The number of imide groups is 1. The van der Waals surface area contributed by atoms with Gasteiger partial charge in [-0.1, -0.05) is 0 Å². The normalized spacial score (nSPS) is 33.2. The van der Waals surface area contributed by atoms with Gasteiger partial charge < -0.3 is 9.30 Å². The number of amides is 3. The van der Waals surface area contributed by atoms with E-state index in [1.54, 1.807) is 18.5 Å². The lowest BCUT2D eigenvalue weighted by atomic mass is 9.81. The number of anilines is 1. The Hall–Kier alpha value is -2.29. The van der Waals surface area contributed by atoms with Crippen LogP contribution in [0.2, 0.25) is 0 Å². The van der Waals surface area contributed by atoms with Crippen LogP contribution in [-0.4, -0.2) is 55.6 Å². The van der Waals surface area contributed by atoms with E-state index >= 15 is 0 Å². The van der Waals surface area contributed by atoms with Crippen molar-refractivity contribution in [3.63, 3.8) is 0 Å². The molecule has 23 heavy (non-hydrogen) atoms. The van der Waals surface area contributed by atoms with Crippen LogP contribution in [0.15, 0.2) is 6.33 Å². The van der Waals surface area contributed by atoms with Crippen LogP contribution in [0.3, 0.4) is 0 Å². The lowest BCUT2D eigenvalue weighted by Gasteiger charge is -2.23. The fraction of sp³-hybridized carbons (Fsp3) is 0.643. The molecule has 3 amide bonds. The number of aromatic nitrogens is 3. The first-order valence-corrected chi connectivity index (χ1v) is 7.66. The third-order valence-corrected chi connectivity index (χ3v) is 5.03. The molecule has 1 aromatic rings. The number of hydrogen-bond donors (Lipinski definition) is 1. The van der Waals surface area contributed by atoms with Crippen LogP contribution < -0.4 is 5.32 Å². The smallest absolute Gasteiger partial charge is 0.249 e. The standard InChI is InChI=1S/C14H17N5O4/c1-6(11(20)16-14-17-15-5-18(14)2)19-12(21)9-7-3-4-8(23-7)10(9)13(19)22/h5-10H,3-4H2,1-2H3,(H,16,17,20). The second kappa shape index (κ2) is 4.85. The minimum Gasteiger partial charge on any atom is -0.373 e. The number of carbonyl (C=O) groups is 3. The number of fused-ring (bicyclic) bond motifs is 5. The van der Waals surface area contributed by atoms with E-state index in [2.05, 4.69) is 15.5 Å². The first-order chi connectivity index (χ1) is 11.0. The van der Waals surface area contributed by atoms with E-state index < -0.39 is 23.8 Å². The van der Waals surface area contributed by atoms with Gasteiger partial charge in [-0.2, -0.15) is 0 Å². The molecule has 4 heterocycles. The molecule has 0 aliphatic carbocycles. The minimum absolute atomic E-state index is 0.180. The zero-order chi connectivity index (χ0) is 16.3. The van der Waals surface area contributed by atoms with E-state index in [1.807, 2.05) is 0 Å². The van der Waals surface area contributed by atoms with E-state index in [0.29, 0.717) is 0 Å². The van der Waals surface area contributed by atoms with Crippen LogP contribution in [0.5, 0.6) is 0 Å². The average Bonchev–Trinajstić information content (AvgIpc) is 3.26. The number of ether oxygens (including phenoxy) is 1. The van der Waals surface area contributed by atoms with Crippen molar-refractivity contribution in [2.24, 2.45) is 18.9 Å². The summed E-state index contributed by atoms with van der Waals surface area (Å²) in [5.74, 6) is -1.64. The van der Waals surface area contributed by atoms with E-state index in [4.69, 9.17) is 4.74 Å². The summed E-state index contributed by atoms with van der Waals surface area (Å²) < 4.78 is 7.22. The molecule has 0 spiro atoms. The highest BCUT2D eigenvalue weighted by Gasteiger charge is 2.63. The van der Waals surface area contributed by atoms with Crippen molar-refractivity contribution in [1.29, 1.82) is 0 Å². The number of nitrogens with zero attached hydrogens (tertiary/aromatic N) is 4. The summed E-state index contributed by atoms with van der Waals surface area (Å²) in [5.41, 5.74) is 0. The highest BCUT2D eigenvalue weighted by atomic mass is 16.5. The summed E-state index contributed by atoms with van der Waals surface area (Å²) in [6.45, 7) is 1.55. The van der Waals surface area contributed by atoms with Crippen LogP contribution >= 0.6 is 0 Å². The van der Waals surface area contributed by atoms with Gasteiger partial charge in [0.25, 0.3) is 0 Å². The minimum atomic E-state index is -0.892. The average molecular weight is 319 g/mol. The van der Waals surface area contributed by atoms with Crippen molar-refractivity contribution >= 4 is 23.7 Å². The largest absolute Gasteiger partial charge is 0.373 e. The Balaban J connectivity index is 1.53. The fourth-order valence-electron chi connectivity index (χ4n) is 3.85. The van der Waals surface area contributed by atoms with Crippen LogP contribution in [0, 0.1) is 11.8 Å². The van der Waals surface area contributed by atoms with Gasteiger partial charge in [0.2, 0.25) is 23.7 Å². The van der Waals surface area contributed by atoms with E-state index in [9.17, 15) is 14.4 Å². The second-order valence-electron chi connectivity index (χ2n) is 6.32. The molecule has 3 aliphatic rings. The van der Waals surface area contributed by atoms with E-state index in [-0.39, 0.29) is 30.0 Å². The number of likely N-dealkylation sites (tertiary alicyclic amines) is 1. The van der Waals surface area contributed by atoms with Crippen LogP contribution in [0.1, 0.15) is 19.8 Å². The molecular formula is C14H17N5O4. The third kappa shape index (κ3) is 1.92. The number of nitrogens with one attached hydrogen (secondary N) is 1. The molecule has 3 fully saturated rings. The molecule has 3 aliphatic heterocycles. The second-order valence-corrected chi connectivity index (χ2v) is 6.32. The Morgan fingerprint density at radius 1 is 1.30 bits per heavy atom. The summed E-state index contributed by atoms with van der Waals surface area (Å²) in [6, 6.07) is -0.892. The molecule has 1 aromatic heterocycles. The number of rotatable bonds is 3. The van der Waals surface area contributed by atoms with Crippen molar-refractivity contribution in [3.8, 4) is 0 Å². The number of hydrogen-bond acceptors (Lipinski definition) is 6. The lowest BCUT2D eigenvalue weighted by Crippen LogP contribution is -2.47. The monoisotopic (exact) mass is 319 g/mol. The molecule has 0 radical (unpaired) electrons. The van der Waals surface area contributed by atoms with Gasteiger partial charge in [-0.15, -0.1) is 10.2 Å². The number of aryl methyl sites for hydroxylation is 1. The highest BCUT2D eigenvalue weighted by Crippen LogP contribution is 2.48. The van der Waals surface area contributed by atoms with Crippen LogP contribution in [0.25, 0.3) is 0 Å². The van der Waals surface area contributed by atoms with Crippen LogP contribution in [-0.2, 0) is 26.2 Å². The van der Waals surface area contributed by atoms with Gasteiger partial charge in [-0.25, -0.2) is 0 Å². The highest BCUT2D eigenvalue weighted by molar-refractivity contribution is 6.10. The molecule has 122 valence electrons. The third-order valence-electron chi connectivity index (χ3n) is 5.03. The SMILES string of the molecule is CC(C(=O)Nc1nncn1C)N1C(=O)C2C3CCC(O3)C2C1=O. The maximum Gasteiger partial charge on any atom is 0.249 e. The Bertz CT molecular complexity index is 673. The molecule has 1 N–H and O–H groups in total. The van der Waals surface area contributed by atoms with Crippen molar-refractivity contribution in [1.82, 2.24) is 19.7 Å². The van der Waals surface area contributed by atoms with Gasteiger partial charge in [0.1, 0.15) is 12.4 Å². The fourth-order valence-corrected chi connectivity index (χ4v) is 3.85. The molecule has 2 bridgehead atoms. The maximum atomic E-state index is 12.6. The molecule has 9 nitrogen and oxygen atoms in total. The van der Waals surface area contributed by atoms with Crippen LogP contribution in [0.4, 0.5) is 5.95 Å². The van der Waals surface area contributed by atoms with E-state index in [0.717, 1.165) is 17.7 Å². The maximum absolute atomic E-state index is 12.6. The predicted octanol–water partition coefficient (Wildman–Crippen LogP) is -0.695. The van der Waals surface area contributed by atoms with Gasteiger partial charge >= 0.3 is 0 Å². The molecular weight excluding hydrogens is 302 g/mol. The molecule has 5 unspecified atom stereocenters. The molecule has 5 atom stereocenters. The summed E-state index contributed by atoms with van der Waals surface area (Å²) >= 11 is 0. The molecule has 4 rings (SSSR count). The predicted molar refractivity (Wildman–Crippen MR) is 75.8 cm³/mol. The zero-order valence-electron chi connectivity index (χ0n) is 12.8. The van der Waals surface area contributed by atoms with Gasteiger partial charge in [0, 0.05) is 7.05 Å². The van der Waals surface area contributed by atoms with Gasteiger partial charge in [0.05, 0.1) is 24.0 Å². The Labute approximate surface area is 132 Å². The quantitative estimate of drug-likeness (QED) is 0.739. The zero-order valence-corrected chi connectivity index (χ0v) is 12.8. The van der Waals surface area contributed by atoms with Gasteiger partial charge in [-0.05, 0) is 19.8 Å².